The molecule has 2 aromatic heterocycles. The van der Waals surface area contributed by atoms with Crippen molar-refractivity contribution in [1.29, 1.82) is 0 Å². The van der Waals surface area contributed by atoms with Crippen LogP contribution in [0.15, 0.2) is 70.2 Å². The highest BCUT2D eigenvalue weighted by Gasteiger charge is 2.23. The van der Waals surface area contributed by atoms with Crippen molar-refractivity contribution < 1.29 is 13.2 Å². The monoisotopic (exact) mass is 517 g/mol. The van der Waals surface area contributed by atoms with E-state index in [2.05, 4.69) is 35.9 Å². The van der Waals surface area contributed by atoms with Gasteiger partial charge in [-0.1, -0.05) is 36.4 Å². The summed E-state index contributed by atoms with van der Waals surface area (Å²) in [4.78, 5) is 20.2. The Morgan fingerprint density at radius 1 is 1.16 bits per heavy atom. The van der Waals surface area contributed by atoms with Crippen LogP contribution < -0.4 is 15.8 Å². The van der Waals surface area contributed by atoms with Gasteiger partial charge in [-0.05, 0) is 46.6 Å². The van der Waals surface area contributed by atoms with Crippen molar-refractivity contribution in [2.75, 3.05) is 11.9 Å². The van der Waals surface area contributed by atoms with E-state index in [0.717, 1.165) is 17.0 Å². The fourth-order valence-electron chi connectivity index (χ4n) is 3.17. The molecule has 0 aliphatic carbocycles. The van der Waals surface area contributed by atoms with E-state index < -0.39 is 22.0 Å². The van der Waals surface area contributed by atoms with Crippen molar-refractivity contribution in [2.45, 2.75) is 30.7 Å². The van der Waals surface area contributed by atoms with Crippen LogP contribution in [0.25, 0.3) is 0 Å². The average Bonchev–Trinajstić information content (AvgIpc) is 2.74. The Morgan fingerprint density at radius 3 is 2.59 bits per heavy atom. The van der Waals surface area contributed by atoms with E-state index in [0.29, 0.717) is 10.9 Å². The number of rotatable bonds is 10. The number of nitrogens with one attached hydrogen (secondary N) is 2. The minimum Gasteiger partial charge on any atom is -0.370 e. The number of nitrogens with zero attached hydrogens (tertiary/aromatic N) is 2. The summed E-state index contributed by atoms with van der Waals surface area (Å²) < 4.78 is 29.3. The van der Waals surface area contributed by atoms with Gasteiger partial charge in [0.1, 0.15) is 10.7 Å². The normalized spacial score (nSPS) is 12.3. The Bertz CT molecular complexity index is 1190. The number of hydrogen-bond donors (Lipinski definition) is 3. The zero-order valence-corrected chi connectivity index (χ0v) is 19.9. The molecule has 0 spiro atoms. The van der Waals surface area contributed by atoms with E-state index >= 15 is 0 Å². The molecule has 10 heteroatoms. The van der Waals surface area contributed by atoms with Crippen LogP contribution in [0.2, 0.25) is 0 Å². The van der Waals surface area contributed by atoms with E-state index in [1.54, 1.807) is 0 Å². The average molecular weight is 518 g/mol. The zero-order valence-electron chi connectivity index (χ0n) is 17.5. The molecule has 32 heavy (non-hydrogen) atoms. The molecule has 3 aromatic rings. The molecule has 168 valence electrons. The predicted molar refractivity (Wildman–Crippen MR) is 126 cm³/mol. The van der Waals surface area contributed by atoms with Crippen molar-refractivity contribution in [3.8, 4) is 0 Å². The SMILES string of the molecule is Cc1cccc(CCNS(=O)(=O)c2cc(Br)cnc2N[C@@H](CC(N)=O)c2ccccc2)n1. The molecular weight excluding hydrogens is 494 g/mol. The van der Waals surface area contributed by atoms with Crippen LogP contribution in [-0.4, -0.2) is 30.8 Å². The van der Waals surface area contributed by atoms with Gasteiger partial charge in [0.05, 0.1) is 12.5 Å². The second-order valence-electron chi connectivity index (χ2n) is 7.20. The van der Waals surface area contributed by atoms with Gasteiger partial charge in [0.2, 0.25) is 15.9 Å². The minimum absolute atomic E-state index is 0.0201. The second kappa shape index (κ2) is 10.7. The third kappa shape index (κ3) is 6.59. The summed E-state index contributed by atoms with van der Waals surface area (Å²) in [6, 6.07) is 15.7. The maximum absolute atomic E-state index is 13.1. The number of aromatic nitrogens is 2. The van der Waals surface area contributed by atoms with Crippen LogP contribution in [0, 0.1) is 6.92 Å². The summed E-state index contributed by atoms with van der Waals surface area (Å²) in [5.41, 5.74) is 7.88. The number of aryl methyl sites for hydroxylation is 1. The quantitative estimate of drug-likeness (QED) is 0.379. The number of benzene rings is 1. The number of carbonyl (C=O) groups is 1. The first kappa shape index (κ1) is 23.8. The van der Waals surface area contributed by atoms with Gasteiger partial charge >= 0.3 is 0 Å². The number of amides is 1. The Kier molecular flexibility index (Phi) is 7.94. The van der Waals surface area contributed by atoms with Gasteiger partial charge in [-0.15, -0.1) is 0 Å². The number of halogens is 1. The van der Waals surface area contributed by atoms with Crippen molar-refractivity contribution in [3.05, 3.63) is 82.2 Å². The summed E-state index contributed by atoms with van der Waals surface area (Å²) in [6.45, 7) is 2.06. The molecule has 4 N–H and O–H groups in total. The van der Waals surface area contributed by atoms with Gasteiger partial charge in [0.25, 0.3) is 0 Å². The van der Waals surface area contributed by atoms with E-state index in [-0.39, 0.29) is 23.7 Å². The number of primary amides is 1. The van der Waals surface area contributed by atoms with Gasteiger partial charge in [-0.25, -0.2) is 18.1 Å². The highest BCUT2D eigenvalue weighted by Crippen LogP contribution is 2.28. The van der Waals surface area contributed by atoms with E-state index in [1.165, 1.54) is 12.3 Å². The van der Waals surface area contributed by atoms with Crippen LogP contribution in [0.1, 0.15) is 29.4 Å². The van der Waals surface area contributed by atoms with Crippen LogP contribution in [0.5, 0.6) is 0 Å². The number of sulfonamides is 1. The number of pyridine rings is 2. The molecule has 0 bridgehead atoms. The molecule has 3 rings (SSSR count). The van der Waals surface area contributed by atoms with Crippen molar-refractivity contribution in [2.24, 2.45) is 5.73 Å². The van der Waals surface area contributed by atoms with Gasteiger partial charge in [-0.2, -0.15) is 0 Å². The van der Waals surface area contributed by atoms with Crippen molar-refractivity contribution in [1.82, 2.24) is 14.7 Å². The lowest BCUT2D eigenvalue weighted by Gasteiger charge is -2.20. The lowest BCUT2D eigenvalue weighted by atomic mass is 10.0. The maximum atomic E-state index is 13.1. The highest BCUT2D eigenvalue weighted by molar-refractivity contribution is 9.10. The van der Waals surface area contributed by atoms with Gasteiger partial charge in [0.15, 0.2) is 0 Å². The summed E-state index contributed by atoms with van der Waals surface area (Å²) >= 11 is 3.29. The minimum atomic E-state index is -3.90. The summed E-state index contributed by atoms with van der Waals surface area (Å²) in [6.07, 6.45) is 1.91. The van der Waals surface area contributed by atoms with Crippen LogP contribution in [0.3, 0.4) is 0 Å². The molecular formula is C22H24BrN5O3S. The molecule has 1 aromatic carbocycles. The molecule has 0 saturated carbocycles. The smallest absolute Gasteiger partial charge is 0.244 e. The second-order valence-corrected chi connectivity index (χ2v) is 9.85. The number of anilines is 1. The number of hydrogen-bond acceptors (Lipinski definition) is 6. The summed E-state index contributed by atoms with van der Waals surface area (Å²) in [7, 11) is -3.90. The summed E-state index contributed by atoms with van der Waals surface area (Å²) in [5.74, 6) is -0.388. The zero-order chi connectivity index (χ0) is 23.1. The topological polar surface area (TPSA) is 127 Å². The lowest BCUT2D eigenvalue weighted by molar-refractivity contribution is -0.118. The largest absolute Gasteiger partial charge is 0.370 e. The Hall–Kier alpha value is -2.82. The third-order valence-corrected chi connectivity index (χ3v) is 6.55. The fraction of sp³-hybridized carbons (Fsp3) is 0.227. The number of carbonyl (C=O) groups excluding carboxylic acids is 1. The highest BCUT2D eigenvalue weighted by atomic mass is 79.9. The molecule has 0 radical (unpaired) electrons. The van der Waals surface area contributed by atoms with Gasteiger partial charge < -0.3 is 11.1 Å². The van der Waals surface area contributed by atoms with Crippen molar-refractivity contribution in [3.63, 3.8) is 0 Å². The Labute approximate surface area is 195 Å². The van der Waals surface area contributed by atoms with Gasteiger partial charge in [-0.3, -0.25) is 9.78 Å². The molecule has 0 aliphatic rings. The maximum Gasteiger partial charge on any atom is 0.244 e. The molecule has 0 aliphatic heterocycles. The van der Waals surface area contributed by atoms with Crippen molar-refractivity contribution >= 4 is 37.7 Å². The molecule has 0 fully saturated rings. The van der Waals surface area contributed by atoms with Crippen LogP contribution >= 0.6 is 15.9 Å². The van der Waals surface area contributed by atoms with Crippen LogP contribution in [0.4, 0.5) is 5.82 Å². The molecule has 8 nitrogen and oxygen atoms in total. The standard InChI is InChI=1S/C22H24BrN5O3S/c1-15-6-5-9-18(27-15)10-11-26-32(30,31)20-12-17(23)14-25-22(20)28-19(13-21(24)29)16-7-3-2-4-8-16/h2-9,12,14,19,26H,10-11,13H2,1H3,(H2,24,29)(H,25,28)/t19-/m0/s1. The first-order valence-corrected chi connectivity index (χ1v) is 12.2. The molecule has 0 saturated heterocycles. The van der Waals surface area contributed by atoms with E-state index in [1.807, 2.05) is 55.5 Å². The molecule has 1 amide bonds. The molecule has 2 heterocycles. The Balaban J connectivity index is 1.83. The van der Waals surface area contributed by atoms with E-state index in [4.69, 9.17) is 5.73 Å². The Morgan fingerprint density at radius 2 is 1.91 bits per heavy atom. The third-order valence-electron chi connectivity index (χ3n) is 4.65. The fourth-order valence-corrected chi connectivity index (χ4v) is 4.83. The van der Waals surface area contributed by atoms with E-state index in [9.17, 15) is 13.2 Å². The van der Waals surface area contributed by atoms with Gasteiger partial charge in [0, 0.05) is 35.0 Å². The molecule has 1 atom stereocenters. The molecule has 0 unspecified atom stereocenters. The summed E-state index contributed by atoms with van der Waals surface area (Å²) in [5, 5.41) is 3.08. The first-order valence-electron chi connectivity index (χ1n) is 9.92. The predicted octanol–water partition coefficient (Wildman–Crippen LogP) is 3.10. The first-order chi connectivity index (χ1) is 15.2. The lowest BCUT2D eigenvalue weighted by Crippen LogP contribution is -2.28. The van der Waals surface area contributed by atoms with Crippen LogP contribution in [-0.2, 0) is 21.2 Å². The number of nitrogens with two attached hydrogens (primary N) is 1.